The van der Waals surface area contributed by atoms with Crippen molar-refractivity contribution >= 4 is 35.7 Å². The molecule has 0 saturated heterocycles. The lowest BCUT2D eigenvalue weighted by Gasteiger charge is -2.16. The number of hydrogen-bond acceptors (Lipinski definition) is 4. The maximum atomic E-state index is 12.7. The summed E-state index contributed by atoms with van der Waals surface area (Å²) in [5.74, 6) is -1.37. The Morgan fingerprint density at radius 1 is 1.40 bits per heavy atom. The van der Waals surface area contributed by atoms with Gasteiger partial charge in [0.15, 0.2) is 5.75 Å². The van der Waals surface area contributed by atoms with Crippen molar-refractivity contribution in [3.63, 3.8) is 0 Å². The van der Waals surface area contributed by atoms with E-state index in [0.29, 0.717) is 6.20 Å². The van der Waals surface area contributed by atoms with E-state index in [1.165, 1.54) is 0 Å². The van der Waals surface area contributed by atoms with Gasteiger partial charge >= 0.3 is 6.36 Å². The Morgan fingerprint density at radius 2 is 1.95 bits per heavy atom. The molecule has 0 bridgehead atoms. The lowest BCUT2D eigenvalue weighted by molar-refractivity contribution is -0.276. The lowest BCUT2D eigenvalue weighted by Crippen LogP contribution is -2.20. The molecular formula is C8H4BrClF5NO3S. The zero-order chi connectivity index (χ0) is 15.7. The van der Waals surface area contributed by atoms with E-state index < -0.39 is 49.1 Å². The SMILES string of the molecule is O=S(=O)(Cl)c1ncc(C(F)F)c(CBr)c1OC(F)(F)F. The number of aromatic nitrogens is 1. The van der Waals surface area contributed by atoms with Crippen molar-refractivity contribution in [1.82, 2.24) is 4.98 Å². The first kappa shape index (κ1) is 17.4. The molecule has 0 aliphatic rings. The number of rotatable bonds is 4. The second-order valence-corrected chi connectivity index (χ2v) is 6.29. The van der Waals surface area contributed by atoms with Gasteiger partial charge in [0.2, 0.25) is 5.03 Å². The van der Waals surface area contributed by atoms with E-state index in [9.17, 15) is 30.4 Å². The quantitative estimate of drug-likeness (QED) is 0.436. The number of ether oxygens (including phenoxy) is 1. The minimum Gasteiger partial charge on any atom is -0.402 e. The summed E-state index contributed by atoms with van der Waals surface area (Å²) in [7, 11) is 0.202. The standard InChI is InChI=1S/C8H4BrClF5NO3S/c9-1-3-4(6(11)12)2-16-7(20(10,17)18)5(3)19-8(13,14)15/h2,6H,1H2. The van der Waals surface area contributed by atoms with Gasteiger partial charge in [-0.15, -0.1) is 13.2 Å². The van der Waals surface area contributed by atoms with Gasteiger partial charge in [0.05, 0.1) is 0 Å². The van der Waals surface area contributed by atoms with Crippen LogP contribution >= 0.6 is 26.6 Å². The molecule has 4 nitrogen and oxygen atoms in total. The first-order valence-electron chi connectivity index (χ1n) is 4.53. The third kappa shape index (κ3) is 4.16. The first-order valence-corrected chi connectivity index (χ1v) is 7.96. The molecule has 1 aromatic heterocycles. The number of halogens is 7. The van der Waals surface area contributed by atoms with Gasteiger partial charge in [0, 0.05) is 33.3 Å². The monoisotopic (exact) mass is 403 g/mol. The van der Waals surface area contributed by atoms with Crippen molar-refractivity contribution in [1.29, 1.82) is 0 Å². The van der Waals surface area contributed by atoms with Crippen LogP contribution in [0.2, 0.25) is 0 Å². The summed E-state index contributed by atoms with van der Waals surface area (Å²) in [5.41, 5.74) is -1.60. The van der Waals surface area contributed by atoms with Gasteiger partial charge in [-0.1, -0.05) is 15.9 Å². The second kappa shape index (κ2) is 5.98. The maximum Gasteiger partial charge on any atom is 0.573 e. The molecule has 1 rings (SSSR count). The average molecular weight is 405 g/mol. The van der Waals surface area contributed by atoms with Crippen molar-refractivity contribution in [2.24, 2.45) is 0 Å². The molecule has 0 amide bonds. The highest BCUT2D eigenvalue weighted by molar-refractivity contribution is 9.08. The highest BCUT2D eigenvalue weighted by Crippen LogP contribution is 2.38. The average Bonchev–Trinajstić information content (AvgIpc) is 2.24. The van der Waals surface area contributed by atoms with Crippen LogP contribution in [0.4, 0.5) is 22.0 Å². The predicted octanol–water partition coefficient (Wildman–Crippen LogP) is 3.74. The van der Waals surface area contributed by atoms with Crippen LogP contribution in [0.25, 0.3) is 0 Å². The van der Waals surface area contributed by atoms with Crippen molar-refractivity contribution < 1.29 is 35.1 Å². The summed E-state index contributed by atoms with van der Waals surface area (Å²) in [6, 6.07) is 0. The van der Waals surface area contributed by atoms with Gasteiger partial charge in [0.1, 0.15) is 0 Å². The maximum absolute atomic E-state index is 12.7. The van der Waals surface area contributed by atoms with Crippen LogP contribution in [0.3, 0.4) is 0 Å². The third-order valence-electron chi connectivity index (χ3n) is 1.96. The molecule has 0 spiro atoms. The Balaban J connectivity index is 3.65. The molecule has 0 saturated carbocycles. The van der Waals surface area contributed by atoms with Gasteiger partial charge < -0.3 is 4.74 Å². The van der Waals surface area contributed by atoms with Crippen molar-refractivity contribution in [3.8, 4) is 5.75 Å². The highest BCUT2D eigenvalue weighted by atomic mass is 79.9. The summed E-state index contributed by atoms with van der Waals surface area (Å²) in [5, 5.41) is -1.80. The highest BCUT2D eigenvalue weighted by Gasteiger charge is 2.37. The molecule has 1 aromatic rings. The fourth-order valence-corrected chi connectivity index (χ4v) is 2.72. The van der Waals surface area contributed by atoms with Crippen LogP contribution in [0.5, 0.6) is 5.75 Å². The van der Waals surface area contributed by atoms with Gasteiger partial charge in [0.25, 0.3) is 15.5 Å². The van der Waals surface area contributed by atoms with Crippen molar-refractivity contribution in [2.45, 2.75) is 23.1 Å². The predicted molar refractivity (Wildman–Crippen MR) is 61.5 cm³/mol. The van der Waals surface area contributed by atoms with E-state index in [0.717, 1.165) is 0 Å². The van der Waals surface area contributed by atoms with E-state index in [2.05, 4.69) is 25.7 Å². The third-order valence-corrected chi connectivity index (χ3v) is 3.71. The molecule has 0 aromatic carbocycles. The Hall–Kier alpha value is -0.680. The van der Waals surface area contributed by atoms with Crippen LogP contribution in [0.15, 0.2) is 11.2 Å². The smallest absolute Gasteiger partial charge is 0.402 e. The molecule has 0 fully saturated rings. The Labute approximate surface area is 122 Å². The minimum absolute atomic E-state index is 0.430. The number of pyridine rings is 1. The van der Waals surface area contributed by atoms with Crippen LogP contribution in [-0.4, -0.2) is 19.8 Å². The number of nitrogens with zero attached hydrogens (tertiary/aromatic N) is 1. The van der Waals surface area contributed by atoms with Crippen LogP contribution in [0, 0.1) is 0 Å². The lowest BCUT2D eigenvalue weighted by atomic mass is 10.1. The number of alkyl halides is 6. The summed E-state index contributed by atoms with van der Waals surface area (Å²) in [6.07, 6.45) is -8.03. The largest absolute Gasteiger partial charge is 0.573 e. The van der Waals surface area contributed by atoms with Crippen LogP contribution in [0.1, 0.15) is 17.6 Å². The Bertz CT molecular complexity index is 607. The van der Waals surface area contributed by atoms with Gasteiger partial charge in [-0.05, 0) is 0 Å². The van der Waals surface area contributed by atoms with E-state index in [1.807, 2.05) is 0 Å². The van der Waals surface area contributed by atoms with Gasteiger partial charge in [-0.3, -0.25) is 0 Å². The van der Waals surface area contributed by atoms with E-state index in [1.54, 1.807) is 0 Å². The van der Waals surface area contributed by atoms with Crippen molar-refractivity contribution in [3.05, 3.63) is 17.3 Å². The van der Waals surface area contributed by atoms with E-state index in [-0.39, 0.29) is 0 Å². The van der Waals surface area contributed by atoms with Crippen LogP contribution < -0.4 is 4.74 Å². The van der Waals surface area contributed by atoms with Gasteiger partial charge in [-0.2, -0.15) is 0 Å². The normalized spacial score (nSPS) is 12.8. The summed E-state index contributed by atoms with van der Waals surface area (Å²) in [6.45, 7) is 0. The topological polar surface area (TPSA) is 56.3 Å². The first-order chi connectivity index (χ1) is 8.97. The molecule has 0 aliphatic carbocycles. The van der Waals surface area contributed by atoms with E-state index >= 15 is 0 Å². The molecule has 0 aliphatic heterocycles. The molecule has 0 unspecified atom stereocenters. The summed E-state index contributed by atoms with van der Waals surface area (Å²) < 4.78 is 87.9. The molecule has 1 heterocycles. The summed E-state index contributed by atoms with van der Waals surface area (Å²) >= 11 is 2.69. The zero-order valence-electron chi connectivity index (χ0n) is 9.09. The molecule has 12 heteroatoms. The molecular weight excluding hydrogens is 401 g/mol. The molecule has 0 atom stereocenters. The number of hydrogen-bond donors (Lipinski definition) is 0. The minimum atomic E-state index is -5.30. The fraction of sp³-hybridized carbons (Fsp3) is 0.375. The zero-order valence-corrected chi connectivity index (χ0v) is 12.2. The molecule has 20 heavy (non-hydrogen) atoms. The molecule has 0 radical (unpaired) electrons. The van der Waals surface area contributed by atoms with Crippen LogP contribution in [-0.2, 0) is 14.4 Å². The fourth-order valence-electron chi connectivity index (χ4n) is 1.25. The summed E-state index contributed by atoms with van der Waals surface area (Å²) in [4.78, 5) is 3.02. The molecule has 0 N–H and O–H groups in total. The Kier molecular flexibility index (Phi) is 5.19. The second-order valence-electron chi connectivity index (χ2n) is 3.25. The van der Waals surface area contributed by atoms with E-state index in [4.69, 9.17) is 10.7 Å². The van der Waals surface area contributed by atoms with Crippen molar-refractivity contribution in [2.75, 3.05) is 0 Å². The molecule has 114 valence electrons. The Morgan fingerprint density at radius 3 is 2.30 bits per heavy atom. The van der Waals surface area contributed by atoms with Gasteiger partial charge in [-0.25, -0.2) is 22.2 Å².